The molecule has 0 aromatic heterocycles. The molecular formula is C19H23N3O2. The molecule has 0 radical (unpaired) electrons. The Labute approximate surface area is 142 Å². The number of morpholine rings is 1. The number of nitrogens with one attached hydrogen (secondary N) is 2. The topological polar surface area (TPSA) is 53.6 Å². The highest BCUT2D eigenvalue weighted by atomic mass is 16.5. The fourth-order valence-electron chi connectivity index (χ4n) is 2.75. The summed E-state index contributed by atoms with van der Waals surface area (Å²) in [5.74, 6) is 0.0131. The Bertz CT molecular complexity index is 655. The Morgan fingerprint density at radius 2 is 1.71 bits per heavy atom. The third-order valence-corrected chi connectivity index (χ3v) is 3.98. The lowest BCUT2D eigenvalue weighted by Gasteiger charge is -2.30. The largest absolute Gasteiger partial charge is 0.385 e. The number of anilines is 3. The van der Waals surface area contributed by atoms with Gasteiger partial charge in [0.15, 0.2) is 0 Å². The molecular weight excluding hydrogens is 302 g/mol. The van der Waals surface area contributed by atoms with E-state index in [0.717, 1.165) is 43.4 Å². The smallest absolute Gasteiger partial charge is 0.226 e. The van der Waals surface area contributed by atoms with E-state index in [2.05, 4.69) is 15.5 Å². The fourth-order valence-corrected chi connectivity index (χ4v) is 2.75. The molecule has 5 heteroatoms. The third kappa shape index (κ3) is 4.49. The molecule has 0 aliphatic carbocycles. The van der Waals surface area contributed by atoms with Gasteiger partial charge in [0.25, 0.3) is 0 Å². The van der Waals surface area contributed by atoms with Crippen LogP contribution in [0.2, 0.25) is 0 Å². The molecule has 1 fully saturated rings. The minimum atomic E-state index is 0.0131. The molecule has 0 bridgehead atoms. The van der Waals surface area contributed by atoms with Gasteiger partial charge in [-0.05, 0) is 24.3 Å². The molecule has 1 aliphatic rings. The summed E-state index contributed by atoms with van der Waals surface area (Å²) in [5, 5.41) is 6.28. The van der Waals surface area contributed by atoms with Crippen molar-refractivity contribution in [3.05, 3.63) is 54.6 Å². The molecule has 1 aliphatic heterocycles. The third-order valence-electron chi connectivity index (χ3n) is 3.98. The van der Waals surface area contributed by atoms with Gasteiger partial charge in [0.1, 0.15) is 0 Å². The second-order valence-electron chi connectivity index (χ2n) is 5.71. The molecule has 1 heterocycles. The first-order chi connectivity index (χ1) is 11.8. The predicted molar refractivity (Wildman–Crippen MR) is 97.7 cm³/mol. The monoisotopic (exact) mass is 325 g/mol. The summed E-state index contributed by atoms with van der Waals surface area (Å²) in [6.07, 6.45) is 0.423. The zero-order valence-corrected chi connectivity index (χ0v) is 13.7. The molecule has 1 saturated heterocycles. The van der Waals surface area contributed by atoms with Crippen molar-refractivity contribution in [2.24, 2.45) is 0 Å². The zero-order chi connectivity index (χ0) is 16.6. The van der Waals surface area contributed by atoms with Gasteiger partial charge in [0.05, 0.1) is 24.6 Å². The molecule has 24 heavy (non-hydrogen) atoms. The van der Waals surface area contributed by atoms with Gasteiger partial charge in [-0.15, -0.1) is 0 Å². The molecule has 5 nitrogen and oxygen atoms in total. The fraction of sp³-hybridized carbons (Fsp3) is 0.316. The van der Waals surface area contributed by atoms with Crippen molar-refractivity contribution in [2.45, 2.75) is 6.42 Å². The van der Waals surface area contributed by atoms with Crippen molar-refractivity contribution >= 4 is 23.0 Å². The van der Waals surface area contributed by atoms with Gasteiger partial charge >= 0.3 is 0 Å². The Morgan fingerprint density at radius 3 is 2.50 bits per heavy atom. The van der Waals surface area contributed by atoms with Gasteiger partial charge < -0.3 is 20.3 Å². The van der Waals surface area contributed by atoms with Crippen LogP contribution in [0.3, 0.4) is 0 Å². The van der Waals surface area contributed by atoms with E-state index < -0.39 is 0 Å². The van der Waals surface area contributed by atoms with Crippen molar-refractivity contribution in [1.82, 2.24) is 0 Å². The second kappa shape index (κ2) is 8.36. The number of hydrogen-bond acceptors (Lipinski definition) is 4. The van der Waals surface area contributed by atoms with Crippen molar-refractivity contribution in [3.63, 3.8) is 0 Å². The number of ether oxygens (including phenoxy) is 1. The average molecular weight is 325 g/mol. The minimum Gasteiger partial charge on any atom is -0.385 e. The first kappa shape index (κ1) is 16.3. The summed E-state index contributed by atoms with van der Waals surface area (Å²) in [5.41, 5.74) is 2.95. The zero-order valence-electron chi connectivity index (χ0n) is 13.7. The van der Waals surface area contributed by atoms with E-state index in [4.69, 9.17) is 4.74 Å². The van der Waals surface area contributed by atoms with Crippen molar-refractivity contribution in [1.29, 1.82) is 0 Å². The van der Waals surface area contributed by atoms with Gasteiger partial charge in [0, 0.05) is 31.7 Å². The highest BCUT2D eigenvalue weighted by Gasteiger charge is 2.15. The van der Waals surface area contributed by atoms with E-state index in [9.17, 15) is 4.79 Å². The number of carbonyl (C=O) groups is 1. The Balaban J connectivity index is 1.54. The molecule has 0 spiro atoms. The predicted octanol–water partition coefficient (Wildman–Crippen LogP) is 2.96. The molecule has 0 unspecified atom stereocenters. The number of carbonyl (C=O) groups excluding carboxylic acids is 1. The molecule has 0 saturated carbocycles. The summed E-state index contributed by atoms with van der Waals surface area (Å²) >= 11 is 0. The van der Waals surface area contributed by atoms with Crippen LogP contribution in [-0.2, 0) is 9.53 Å². The van der Waals surface area contributed by atoms with Gasteiger partial charge in [-0.25, -0.2) is 0 Å². The van der Waals surface area contributed by atoms with E-state index in [1.165, 1.54) is 0 Å². The minimum absolute atomic E-state index is 0.0131. The number of nitrogens with zero attached hydrogens (tertiary/aromatic N) is 1. The van der Waals surface area contributed by atoms with E-state index in [1.807, 2.05) is 54.6 Å². The van der Waals surface area contributed by atoms with Crippen molar-refractivity contribution in [2.75, 3.05) is 48.4 Å². The maximum atomic E-state index is 12.2. The van der Waals surface area contributed by atoms with Crippen LogP contribution in [-0.4, -0.2) is 38.8 Å². The molecule has 2 N–H and O–H groups in total. The van der Waals surface area contributed by atoms with E-state index in [1.54, 1.807) is 0 Å². The van der Waals surface area contributed by atoms with Crippen LogP contribution in [0, 0.1) is 0 Å². The van der Waals surface area contributed by atoms with Gasteiger partial charge in [-0.1, -0.05) is 30.3 Å². The highest BCUT2D eigenvalue weighted by Crippen LogP contribution is 2.26. The van der Waals surface area contributed by atoms with Crippen LogP contribution < -0.4 is 15.5 Å². The van der Waals surface area contributed by atoms with Crippen molar-refractivity contribution < 1.29 is 9.53 Å². The number of benzene rings is 2. The van der Waals surface area contributed by atoms with Crippen LogP contribution in [0.15, 0.2) is 54.6 Å². The summed E-state index contributed by atoms with van der Waals surface area (Å²) in [6, 6.07) is 17.8. The first-order valence-corrected chi connectivity index (χ1v) is 8.33. The van der Waals surface area contributed by atoms with Crippen LogP contribution in [0.25, 0.3) is 0 Å². The second-order valence-corrected chi connectivity index (χ2v) is 5.71. The highest BCUT2D eigenvalue weighted by molar-refractivity contribution is 5.94. The van der Waals surface area contributed by atoms with Crippen LogP contribution in [0.5, 0.6) is 0 Å². The number of amides is 1. The lowest BCUT2D eigenvalue weighted by molar-refractivity contribution is -0.115. The lowest BCUT2D eigenvalue weighted by Crippen LogP contribution is -2.36. The molecule has 1 amide bonds. The van der Waals surface area contributed by atoms with Crippen molar-refractivity contribution in [3.8, 4) is 0 Å². The number of para-hydroxylation sites is 3. The Kier molecular flexibility index (Phi) is 5.69. The Morgan fingerprint density at radius 1 is 1.00 bits per heavy atom. The molecule has 2 aromatic rings. The maximum absolute atomic E-state index is 12.2. The van der Waals surface area contributed by atoms with Crippen LogP contribution in [0.1, 0.15) is 6.42 Å². The average Bonchev–Trinajstić information content (AvgIpc) is 2.64. The summed E-state index contributed by atoms with van der Waals surface area (Å²) < 4.78 is 5.40. The van der Waals surface area contributed by atoms with Gasteiger partial charge in [-0.3, -0.25) is 4.79 Å². The molecule has 3 rings (SSSR count). The summed E-state index contributed by atoms with van der Waals surface area (Å²) in [4.78, 5) is 14.5. The van der Waals surface area contributed by atoms with E-state index in [0.29, 0.717) is 13.0 Å². The van der Waals surface area contributed by atoms with E-state index in [-0.39, 0.29) is 5.91 Å². The number of rotatable bonds is 6. The normalized spacial score (nSPS) is 14.2. The first-order valence-electron chi connectivity index (χ1n) is 8.33. The summed E-state index contributed by atoms with van der Waals surface area (Å²) in [6.45, 7) is 3.76. The van der Waals surface area contributed by atoms with Gasteiger partial charge in [0.2, 0.25) is 5.91 Å². The lowest BCUT2D eigenvalue weighted by atomic mass is 10.2. The standard InChI is InChI=1S/C19H23N3O2/c23-19(10-11-20-16-6-2-1-3-7-16)21-17-8-4-5-9-18(17)22-12-14-24-15-13-22/h1-9,20H,10-15H2,(H,21,23). The quantitative estimate of drug-likeness (QED) is 0.857. The van der Waals surface area contributed by atoms with Crippen LogP contribution in [0.4, 0.5) is 17.1 Å². The summed E-state index contributed by atoms with van der Waals surface area (Å²) in [7, 11) is 0. The number of hydrogen-bond donors (Lipinski definition) is 2. The molecule has 126 valence electrons. The molecule has 2 aromatic carbocycles. The van der Waals surface area contributed by atoms with Gasteiger partial charge in [-0.2, -0.15) is 0 Å². The maximum Gasteiger partial charge on any atom is 0.226 e. The SMILES string of the molecule is O=C(CCNc1ccccc1)Nc1ccccc1N1CCOCC1. The van der Waals surface area contributed by atoms with Crippen LogP contribution >= 0.6 is 0 Å². The van der Waals surface area contributed by atoms with E-state index >= 15 is 0 Å². The molecule has 0 atom stereocenters. The Hall–Kier alpha value is -2.53.